The van der Waals surface area contributed by atoms with E-state index in [2.05, 4.69) is 29.5 Å². The summed E-state index contributed by atoms with van der Waals surface area (Å²) in [6.45, 7) is 8.14. The molecule has 0 fully saturated rings. The van der Waals surface area contributed by atoms with Crippen LogP contribution in [0.1, 0.15) is 38.1 Å². The standard InChI is InChI=1S/C20H27N3O2/c1-13(2)18(19-14(3)9-8-12-21-19)22-15(4)20(24)23-16-10-6-7-11-17(16)25-5/h6-13,15,18,22H,1-5H3,(H,23,24)/t15-,18+/m1/s1. The first-order chi connectivity index (χ1) is 11.9. The van der Waals surface area contributed by atoms with Crippen LogP contribution in [0.25, 0.3) is 0 Å². The van der Waals surface area contributed by atoms with Crippen molar-refractivity contribution in [2.45, 2.75) is 39.8 Å². The van der Waals surface area contributed by atoms with Gasteiger partial charge in [-0.1, -0.05) is 32.0 Å². The number of pyridine rings is 1. The third-order valence-corrected chi connectivity index (χ3v) is 4.20. The molecule has 2 aromatic rings. The number of rotatable bonds is 7. The molecule has 0 aliphatic carbocycles. The van der Waals surface area contributed by atoms with Gasteiger partial charge in [0.1, 0.15) is 5.75 Å². The van der Waals surface area contributed by atoms with E-state index in [4.69, 9.17) is 4.74 Å². The molecule has 0 aliphatic heterocycles. The van der Waals surface area contributed by atoms with Crippen molar-refractivity contribution < 1.29 is 9.53 Å². The topological polar surface area (TPSA) is 63.2 Å². The Labute approximate surface area is 149 Å². The lowest BCUT2D eigenvalue weighted by Crippen LogP contribution is -2.42. The van der Waals surface area contributed by atoms with E-state index in [1.165, 1.54) is 0 Å². The lowest BCUT2D eigenvalue weighted by atomic mass is 9.96. The van der Waals surface area contributed by atoms with Crippen LogP contribution in [0, 0.1) is 12.8 Å². The van der Waals surface area contributed by atoms with Crippen molar-refractivity contribution in [3.63, 3.8) is 0 Å². The molecule has 2 atom stereocenters. The highest BCUT2D eigenvalue weighted by Crippen LogP contribution is 2.25. The summed E-state index contributed by atoms with van der Waals surface area (Å²) in [5.74, 6) is 0.836. The Hall–Kier alpha value is -2.40. The number of hydrogen-bond donors (Lipinski definition) is 2. The van der Waals surface area contributed by atoms with E-state index >= 15 is 0 Å². The molecule has 134 valence electrons. The second kappa shape index (κ2) is 8.62. The Morgan fingerprint density at radius 1 is 1.12 bits per heavy atom. The number of aromatic nitrogens is 1. The molecule has 5 heteroatoms. The van der Waals surface area contributed by atoms with Crippen LogP contribution in [0.2, 0.25) is 0 Å². The number of carbonyl (C=O) groups excluding carboxylic acids is 1. The van der Waals surface area contributed by atoms with Crippen LogP contribution in [0.4, 0.5) is 5.69 Å². The molecule has 5 nitrogen and oxygen atoms in total. The summed E-state index contributed by atoms with van der Waals surface area (Å²) in [5.41, 5.74) is 2.76. The van der Waals surface area contributed by atoms with E-state index < -0.39 is 0 Å². The Balaban J connectivity index is 2.12. The van der Waals surface area contributed by atoms with Crippen molar-refractivity contribution in [1.82, 2.24) is 10.3 Å². The van der Waals surface area contributed by atoms with Crippen LogP contribution in [-0.2, 0) is 4.79 Å². The number of benzene rings is 1. The Kier molecular flexibility index (Phi) is 6.53. The molecular formula is C20H27N3O2. The van der Waals surface area contributed by atoms with Gasteiger partial charge in [0.05, 0.1) is 30.6 Å². The van der Waals surface area contributed by atoms with E-state index in [0.717, 1.165) is 11.3 Å². The molecule has 2 N–H and O–H groups in total. The monoisotopic (exact) mass is 341 g/mol. The predicted molar refractivity (Wildman–Crippen MR) is 101 cm³/mol. The number of amides is 1. The maximum Gasteiger partial charge on any atom is 0.241 e. The molecule has 1 aromatic heterocycles. The van der Waals surface area contributed by atoms with Gasteiger partial charge in [0, 0.05) is 6.20 Å². The first-order valence-corrected chi connectivity index (χ1v) is 8.55. The van der Waals surface area contributed by atoms with Gasteiger partial charge in [-0.2, -0.15) is 0 Å². The zero-order valence-electron chi connectivity index (χ0n) is 15.5. The number of nitrogens with one attached hydrogen (secondary N) is 2. The summed E-state index contributed by atoms with van der Waals surface area (Å²) in [5, 5.41) is 6.34. The van der Waals surface area contributed by atoms with Crippen molar-refractivity contribution in [3.05, 3.63) is 53.9 Å². The van der Waals surface area contributed by atoms with Crippen LogP contribution in [-0.4, -0.2) is 24.0 Å². The average molecular weight is 341 g/mol. The van der Waals surface area contributed by atoms with Gasteiger partial charge in [-0.15, -0.1) is 0 Å². The smallest absolute Gasteiger partial charge is 0.241 e. The van der Waals surface area contributed by atoms with Crippen molar-refractivity contribution in [1.29, 1.82) is 0 Å². The van der Waals surface area contributed by atoms with E-state index in [-0.39, 0.29) is 18.0 Å². The minimum atomic E-state index is -0.376. The maximum absolute atomic E-state index is 12.6. The summed E-state index contributed by atoms with van der Waals surface area (Å²) in [7, 11) is 1.59. The van der Waals surface area contributed by atoms with Gasteiger partial charge >= 0.3 is 0 Å². The van der Waals surface area contributed by atoms with Crippen LogP contribution in [0.15, 0.2) is 42.6 Å². The normalized spacial score (nSPS) is 13.4. The molecule has 1 aromatic carbocycles. The van der Waals surface area contributed by atoms with Crippen LogP contribution in [0.5, 0.6) is 5.75 Å². The van der Waals surface area contributed by atoms with Gasteiger partial charge in [-0.3, -0.25) is 15.1 Å². The quantitative estimate of drug-likeness (QED) is 0.806. The molecule has 0 spiro atoms. The van der Waals surface area contributed by atoms with E-state index in [9.17, 15) is 4.79 Å². The van der Waals surface area contributed by atoms with E-state index in [1.807, 2.05) is 50.2 Å². The van der Waals surface area contributed by atoms with Gasteiger partial charge in [0.2, 0.25) is 5.91 Å². The van der Waals surface area contributed by atoms with Crippen LogP contribution in [0.3, 0.4) is 0 Å². The van der Waals surface area contributed by atoms with Crippen molar-refractivity contribution >= 4 is 11.6 Å². The molecule has 0 saturated carbocycles. The molecule has 0 unspecified atom stereocenters. The second-order valence-corrected chi connectivity index (χ2v) is 6.51. The number of methoxy groups -OCH3 is 1. The lowest BCUT2D eigenvalue weighted by molar-refractivity contribution is -0.118. The second-order valence-electron chi connectivity index (χ2n) is 6.51. The van der Waals surface area contributed by atoms with Gasteiger partial charge < -0.3 is 10.1 Å². The number of nitrogens with zero attached hydrogens (tertiary/aromatic N) is 1. The molecule has 1 amide bonds. The molecule has 0 bridgehead atoms. The molecule has 0 aliphatic rings. The highest BCUT2D eigenvalue weighted by atomic mass is 16.5. The molecule has 0 radical (unpaired) electrons. The number of ether oxygens (including phenoxy) is 1. The third-order valence-electron chi connectivity index (χ3n) is 4.20. The number of para-hydroxylation sites is 2. The highest BCUT2D eigenvalue weighted by Gasteiger charge is 2.24. The maximum atomic E-state index is 12.6. The number of hydrogen-bond acceptors (Lipinski definition) is 4. The minimum absolute atomic E-state index is 0.000353. The zero-order chi connectivity index (χ0) is 18.4. The Morgan fingerprint density at radius 3 is 2.48 bits per heavy atom. The first-order valence-electron chi connectivity index (χ1n) is 8.55. The molecule has 1 heterocycles. The Morgan fingerprint density at radius 2 is 1.84 bits per heavy atom. The average Bonchev–Trinajstić information content (AvgIpc) is 2.60. The predicted octanol–water partition coefficient (Wildman–Crippen LogP) is 3.71. The van der Waals surface area contributed by atoms with Gasteiger partial charge in [-0.25, -0.2) is 0 Å². The molecule has 2 rings (SSSR count). The number of carbonyl (C=O) groups is 1. The fourth-order valence-corrected chi connectivity index (χ4v) is 2.74. The summed E-state index contributed by atoms with van der Waals surface area (Å²) in [6, 6.07) is 11.0. The SMILES string of the molecule is COc1ccccc1NC(=O)[C@@H](C)N[C@H](c1ncccc1C)C(C)C. The van der Waals surface area contributed by atoms with Crippen molar-refractivity contribution in [2.75, 3.05) is 12.4 Å². The number of aryl methyl sites for hydroxylation is 1. The van der Waals surface area contributed by atoms with Gasteiger partial charge in [-0.05, 0) is 43.5 Å². The van der Waals surface area contributed by atoms with Gasteiger partial charge in [0.25, 0.3) is 0 Å². The van der Waals surface area contributed by atoms with Gasteiger partial charge in [0.15, 0.2) is 0 Å². The van der Waals surface area contributed by atoms with E-state index in [1.54, 1.807) is 13.3 Å². The summed E-state index contributed by atoms with van der Waals surface area (Å²) in [4.78, 5) is 17.1. The molecular weight excluding hydrogens is 314 g/mol. The lowest BCUT2D eigenvalue weighted by Gasteiger charge is -2.27. The van der Waals surface area contributed by atoms with E-state index in [0.29, 0.717) is 17.4 Å². The third kappa shape index (κ3) is 4.79. The van der Waals surface area contributed by atoms with Crippen LogP contribution < -0.4 is 15.4 Å². The fraction of sp³-hybridized carbons (Fsp3) is 0.400. The van der Waals surface area contributed by atoms with Crippen molar-refractivity contribution in [2.24, 2.45) is 5.92 Å². The first kappa shape index (κ1) is 18.9. The van der Waals surface area contributed by atoms with Crippen molar-refractivity contribution in [3.8, 4) is 5.75 Å². The van der Waals surface area contributed by atoms with Crippen LogP contribution >= 0.6 is 0 Å². The molecule has 0 saturated heterocycles. The summed E-state index contributed by atoms with van der Waals surface area (Å²) in [6.07, 6.45) is 1.79. The number of anilines is 1. The zero-order valence-corrected chi connectivity index (χ0v) is 15.5. The molecule has 25 heavy (non-hydrogen) atoms. The highest BCUT2D eigenvalue weighted by molar-refractivity contribution is 5.95. The summed E-state index contributed by atoms with van der Waals surface area (Å²) >= 11 is 0. The largest absolute Gasteiger partial charge is 0.495 e. The minimum Gasteiger partial charge on any atom is -0.495 e. The summed E-state index contributed by atoms with van der Waals surface area (Å²) < 4.78 is 5.29. The Bertz CT molecular complexity index is 716. The fourth-order valence-electron chi connectivity index (χ4n) is 2.74.